The Hall–Kier alpha value is -0.770. The zero-order chi connectivity index (χ0) is 10.6. The molecule has 0 aromatic heterocycles. The maximum atomic E-state index is 11.6. The van der Waals surface area contributed by atoms with Crippen molar-refractivity contribution in [1.29, 1.82) is 0 Å². The number of hydrogen-bond acceptors (Lipinski definition) is 3. The Morgan fingerprint density at radius 1 is 1.33 bits per heavy atom. The summed E-state index contributed by atoms with van der Waals surface area (Å²) in [6.45, 7) is 0. The molecule has 2 aliphatic heterocycles. The molecular weight excluding hydrogens is 194 g/mol. The highest BCUT2D eigenvalue weighted by Gasteiger charge is 2.53. The third-order valence-electron chi connectivity index (χ3n) is 4.40. The van der Waals surface area contributed by atoms with E-state index in [1.165, 1.54) is 7.11 Å². The Morgan fingerprint density at radius 2 is 2.13 bits per heavy atom. The standard InChI is InChI=1S/C11H17NO3/c1-15-11(14)12-8-3-6-2-7(5-8)10(13)9(12)4-6/h6-10,13H,2-5H2,1H3. The van der Waals surface area contributed by atoms with Crippen LogP contribution in [0, 0.1) is 11.8 Å². The fourth-order valence-corrected chi connectivity index (χ4v) is 3.88. The third-order valence-corrected chi connectivity index (χ3v) is 4.40. The molecular formula is C11H17NO3. The van der Waals surface area contributed by atoms with Crippen LogP contribution in [0.4, 0.5) is 4.79 Å². The molecule has 2 saturated heterocycles. The maximum Gasteiger partial charge on any atom is 0.410 e. The van der Waals surface area contributed by atoms with Gasteiger partial charge >= 0.3 is 6.09 Å². The van der Waals surface area contributed by atoms with E-state index >= 15 is 0 Å². The molecule has 0 aromatic carbocycles. The summed E-state index contributed by atoms with van der Waals surface area (Å²) in [5.74, 6) is 1.15. The number of hydrogen-bond donors (Lipinski definition) is 1. The van der Waals surface area contributed by atoms with E-state index < -0.39 is 0 Å². The first kappa shape index (κ1) is 9.46. The van der Waals surface area contributed by atoms with E-state index in [0.29, 0.717) is 12.0 Å². The van der Waals surface area contributed by atoms with Gasteiger partial charge in [-0.25, -0.2) is 4.79 Å². The number of amides is 1. The molecule has 1 amide bonds. The zero-order valence-corrected chi connectivity index (χ0v) is 8.93. The highest BCUT2D eigenvalue weighted by Crippen LogP contribution is 2.49. The first-order valence-electron chi connectivity index (χ1n) is 5.75. The van der Waals surface area contributed by atoms with Crippen LogP contribution >= 0.6 is 0 Å². The smallest absolute Gasteiger partial charge is 0.410 e. The SMILES string of the molecule is COC(=O)N1C2CC3CC(C2)C(O)C1C3. The van der Waals surface area contributed by atoms with Crippen LogP contribution in [0.15, 0.2) is 0 Å². The number of carbonyl (C=O) groups is 1. The first-order chi connectivity index (χ1) is 7.20. The fourth-order valence-electron chi connectivity index (χ4n) is 3.88. The third kappa shape index (κ3) is 1.20. The van der Waals surface area contributed by atoms with Gasteiger partial charge < -0.3 is 9.84 Å². The van der Waals surface area contributed by atoms with Gasteiger partial charge in [0.2, 0.25) is 0 Å². The lowest BCUT2D eigenvalue weighted by Crippen LogP contribution is -2.66. The molecule has 0 aromatic rings. The van der Waals surface area contributed by atoms with Gasteiger partial charge in [0.1, 0.15) is 0 Å². The number of aliphatic hydroxyl groups is 1. The lowest BCUT2D eigenvalue weighted by atomic mass is 9.62. The predicted octanol–water partition coefficient (Wildman–Crippen LogP) is 0.986. The monoisotopic (exact) mass is 211 g/mol. The molecule has 4 aliphatic rings. The number of aliphatic hydroxyl groups excluding tert-OH is 1. The molecule has 0 spiro atoms. The van der Waals surface area contributed by atoms with Crippen molar-refractivity contribution in [3.8, 4) is 0 Å². The van der Waals surface area contributed by atoms with Crippen molar-refractivity contribution in [2.24, 2.45) is 11.8 Å². The van der Waals surface area contributed by atoms with Crippen LogP contribution in [0.5, 0.6) is 0 Å². The number of methoxy groups -OCH3 is 1. The molecule has 0 radical (unpaired) electrons. The lowest BCUT2D eigenvalue weighted by molar-refractivity contribution is -0.125. The van der Waals surface area contributed by atoms with Crippen molar-refractivity contribution < 1.29 is 14.6 Å². The number of rotatable bonds is 0. The van der Waals surface area contributed by atoms with Crippen LogP contribution in [0.2, 0.25) is 0 Å². The highest BCUT2D eigenvalue weighted by molar-refractivity contribution is 5.69. The second kappa shape index (κ2) is 3.11. The Balaban J connectivity index is 1.89. The second-order valence-corrected chi connectivity index (χ2v) is 5.16. The van der Waals surface area contributed by atoms with E-state index in [2.05, 4.69) is 0 Å². The van der Waals surface area contributed by atoms with E-state index in [9.17, 15) is 9.90 Å². The fraction of sp³-hybridized carbons (Fsp3) is 0.909. The van der Waals surface area contributed by atoms with Crippen LogP contribution in [-0.2, 0) is 4.74 Å². The molecule has 4 nitrogen and oxygen atoms in total. The molecule has 15 heavy (non-hydrogen) atoms. The van der Waals surface area contributed by atoms with Gasteiger partial charge in [-0.2, -0.15) is 0 Å². The van der Waals surface area contributed by atoms with Crippen LogP contribution < -0.4 is 0 Å². The summed E-state index contributed by atoms with van der Waals surface area (Å²) < 4.78 is 4.80. The van der Waals surface area contributed by atoms with Crippen LogP contribution in [-0.4, -0.2) is 41.4 Å². The minimum atomic E-state index is -0.322. The summed E-state index contributed by atoms with van der Waals surface area (Å²) >= 11 is 0. The van der Waals surface area contributed by atoms with Crippen molar-refractivity contribution >= 4 is 6.09 Å². The molecule has 84 valence electrons. The number of piperidine rings is 2. The van der Waals surface area contributed by atoms with Gasteiger partial charge in [0, 0.05) is 6.04 Å². The normalized spacial score (nSPS) is 47.1. The zero-order valence-electron chi connectivity index (χ0n) is 8.93. The van der Waals surface area contributed by atoms with Crippen LogP contribution in [0.25, 0.3) is 0 Å². The predicted molar refractivity (Wildman–Crippen MR) is 53.3 cm³/mol. The van der Waals surface area contributed by atoms with Gasteiger partial charge in [-0.1, -0.05) is 0 Å². The molecule has 4 fully saturated rings. The van der Waals surface area contributed by atoms with Crippen molar-refractivity contribution in [3.05, 3.63) is 0 Å². The van der Waals surface area contributed by atoms with Gasteiger partial charge in [-0.05, 0) is 37.5 Å². The Bertz CT molecular complexity index is 294. The molecule has 5 unspecified atom stereocenters. The van der Waals surface area contributed by atoms with Gasteiger partial charge in [-0.3, -0.25) is 4.90 Å². The summed E-state index contributed by atoms with van der Waals surface area (Å²) in [5.41, 5.74) is 0. The van der Waals surface area contributed by atoms with Gasteiger partial charge in [0.25, 0.3) is 0 Å². The minimum Gasteiger partial charge on any atom is -0.453 e. The second-order valence-electron chi connectivity index (χ2n) is 5.16. The summed E-state index contributed by atoms with van der Waals surface area (Å²) in [7, 11) is 1.42. The topological polar surface area (TPSA) is 49.8 Å². The van der Waals surface area contributed by atoms with Crippen molar-refractivity contribution in [2.45, 2.75) is 43.9 Å². The molecule has 4 rings (SSSR count). The number of carbonyl (C=O) groups excluding carboxylic acids is 1. The van der Waals surface area contributed by atoms with Gasteiger partial charge in [-0.15, -0.1) is 0 Å². The average molecular weight is 211 g/mol. The highest BCUT2D eigenvalue weighted by atomic mass is 16.5. The van der Waals surface area contributed by atoms with E-state index in [1.807, 2.05) is 0 Å². The Morgan fingerprint density at radius 3 is 2.87 bits per heavy atom. The average Bonchev–Trinajstić information content (AvgIpc) is 2.24. The minimum absolute atomic E-state index is 0.0219. The summed E-state index contributed by atoms with van der Waals surface area (Å²) in [4.78, 5) is 13.4. The summed E-state index contributed by atoms with van der Waals surface area (Å²) in [5, 5.41) is 10.1. The molecule has 4 heteroatoms. The van der Waals surface area contributed by atoms with Crippen molar-refractivity contribution in [3.63, 3.8) is 0 Å². The molecule has 2 saturated carbocycles. The number of nitrogens with zero attached hydrogens (tertiary/aromatic N) is 1. The van der Waals surface area contributed by atoms with Crippen LogP contribution in [0.3, 0.4) is 0 Å². The van der Waals surface area contributed by atoms with E-state index in [1.54, 1.807) is 4.90 Å². The quantitative estimate of drug-likeness (QED) is 0.650. The first-order valence-corrected chi connectivity index (χ1v) is 5.75. The van der Waals surface area contributed by atoms with Crippen molar-refractivity contribution in [1.82, 2.24) is 4.90 Å². The van der Waals surface area contributed by atoms with E-state index in [0.717, 1.165) is 31.6 Å². The molecule has 2 heterocycles. The maximum absolute atomic E-state index is 11.6. The Kier molecular flexibility index (Phi) is 1.96. The Labute approximate surface area is 89.2 Å². The van der Waals surface area contributed by atoms with E-state index in [-0.39, 0.29) is 18.2 Å². The van der Waals surface area contributed by atoms with Gasteiger partial charge in [0.15, 0.2) is 0 Å². The number of ether oxygens (including phenoxy) is 1. The van der Waals surface area contributed by atoms with Crippen LogP contribution in [0.1, 0.15) is 25.7 Å². The van der Waals surface area contributed by atoms with Crippen molar-refractivity contribution in [2.75, 3.05) is 7.11 Å². The lowest BCUT2D eigenvalue weighted by Gasteiger charge is -2.57. The molecule has 4 bridgehead atoms. The van der Waals surface area contributed by atoms with E-state index in [4.69, 9.17) is 4.74 Å². The summed E-state index contributed by atoms with van der Waals surface area (Å²) in [6, 6.07) is 0.344. The molecule has 1 N–H and O–H groups in total. The largest absolute Gasteiger partial charge is 0.453 e. The van der Waals surface area contributed by atoms with Gasteiger partial charge in [0.05, 0.1) is 19.3 Å². The summed E-state index contributed by atoms with van der Waals surface area (Å²) in [6.07, 6.45) is 3.60. The molecule has 5 atom stereocenters. The molecule has 2 aliphatic carbocycles.